The number of piperazine rings is 2. The molecular weight excluding hydrogens is 1420 g/mol. The number of hydrogen-bond donors (Lipinski definition) is 5. The van der Waals surface area contributed by atoms with Gasteiger partial charge in [0.1, 0.15) is 10.7 Å². The molecule has 5 N–H and O–H groups in total. The number of benzene rings is 4. The van der Waals surface area contributed by atoms with Gasteiger partial charge in [-0.25, -0.2) is 35.3 Å². The third-order valence-electron chi connectivity index (χ3n) is 19.9. The van der Waals surface area contributed by atoms with Crippen molar-refractivity contribution in [1.82, 2.24) is 35.0 Å². The number of amides is 4. The maximum absolute atomic E-state index is 14.6. The van der Waals surface area contributed by atoms with E-state index in [1.54, 1.807) is 22.5 Å². The van der Waals surface area contributed by atoms with E-state index in [0.717, 1.165) is 69.3 Å². The Balaban J connectivity index is 0.767. The van der Waals surface area contributed by atoms with Gasteiger partial charge in [-0.2, -0.15) is 13.2 Å². The van der Waals surface area contributed by atoms with Gasteiger partial charge in [0.25, 0.3) is 25.8 Å². The van der Waals surface area contributed by atoms with Crippen LogP contribution in [0.5, 0.6) is 0 Å². The third-order valence-corrected chi connectivity index (χ3v) is 24.9. The predicted molar refractivity (Wildman–Crippen MR) is 397 cm³/mol. The molecule has 3 fully saturated rings. The van der Waals surface area contributed by atoms with Crippen LogP contribution in [0.3, 0.4) is 0 Å². The quantitative estimate of drug-likeness (QED) is 0.0153. The summed E-state index contributed by atoms with van der Waals surface area (Å²) in [5, 5.41) is 19.6. The van der Waals surface area contributed by atoms with Gasteiger partial charge in [-0.05, 0) is 147 Å². The summed E-state index contributed by atoms with van der Waals surface area (Å²) in [6.45, 7) is 22.0. The molecule has 4 amide bonds. The number of ketones is 1. The van der Waals surface area contributed by atoms with Crippen molar-refractivity contribution in [2.45, 2.75) is 170 Å². The van der Waals surface area contributed by atoms with Crippen molar-refractivity contribution in [3.8, 4) is 10.4 Å². The number of thioether (sulfide) groups is 1. The van der Waals surface area contributed by atoms with E-state index < -0.39 is 89.1 Å². The number of aromatic nitrogens is 1. The van der Waals surface area contributed by atoms with Gasteiger partial charge in [-0.3, -0.25) is 33.8 Å². The molecule has 4 aliphatic rings. The fourth-order valence-corrected chi connectivity index (χ4v) is 17.8. The molecule has 2 aliphatic carbocycles. The lowest BCUT2D eigenvalue weighted by Gasteiger charge is -2.39. The minimum atomic E-state index is -6.20. The van der Waals surface area contributed by atoms with Crippen LogP contribution in [-0.2, 0) is 39.0 Å². The maximum Gasteiger partial charge on any atom is 0.501 e. The van der Waals surface area contributed by atoms with Gasteiger partial charge in [0.15, 0.2) is 0 Å². The summed E-state index contributed by atoms with van der Waals surface area (Å²) in [5.41, 5.74) is 1.44. The van der Waals surface area contributed by atoms with Crippen LogP contribution < -0.4 is 25.6 Å². The van der Waals surface area contributed by atoms with E-state index in [4.69, 9.17) is 0 Å². The SMILES string of the molecule is C=C(CCC(F)F)C1=C(CN2CCN(c3ccc(C(=O)NS(=O)(=O)c4ccc(N[C@H](CCN5CCN(C(=O)CCCCNC(=O)C[C@H](NC(=O)[C@@H]6C[C@@H](O)CC6C(=O)CC(C)(C)C)c6ccc(-c7scnc7C)cc6)CC5)CSc5ccccc5)c(S(=O)(=O)C(F)(F)F)c4)cc3)CC2)CCC(C)(C)C1. The van der Waals surface area contributed by atoms with Crippen molar-refractivity contribution in [3.63, 3.8) is 0 Å². The summed E-state index contributed by atoms with van der Waals surface area (Å²) in [7, 11) is -11.2. The average Bonchev–Trinajstić information content (AvgIpc) is 0.954. The number of Topliss-reactive ketones (excluding diaryl/α,β-unsaturated/α-hetero) is 1. The zero-order chi connectivity index (χ0) is 75.3. The van der Waals surface area contributed by atoms with Gasteiger partial charge in [0.05, 0.1) is 51.1 Å². The molecule has 0 radical (unpaired) electrons. The summed E-state index contributed by atoms with van der Waals surface area (Å²) >= 11 is 2.88. The average molecular weight is 1520 g/mol. The number of rotatable bonds is 32. The number of aryl methyl sites for hydroxylation is 1. The number of halogens is 5. The number of sulfone groups is 1. The van der Waals surface area contributed by atoms with E-state index in [1.165, 1.54) is 40.8 Å². The molecule has 1 unspecified atom stereocenters. The van der Waals surface area contributed by atoms with Gasteiger partial charge < -0.3 is 30.9 Å². The lowest BCUT2D eigenvalue weighted by molar-refractivity contribution is -0.134. The summed E-state index contributed by atoms with van der Waals surface area (Å²) in [6, 6.07) is 23.7. The molecule has 3 heterocycles. The molecule has 0 spiro atoms. The Morgan fingerprint density at radius 3 is 2.13 bits per heavy atom. The molecule has 566 valence electrons. The second kappa shape index (κ2) is 35.5. The van der Waals surface area contributed by atoms with Crippen LogP contribution in [0.1, 0.15) is 146 Å². The summed E-state index contributed by atoms with van der Waals surface area (Å²) in [6.07, 6.45) is 1.38. The first-order chi connectivity index (χ1) is 49.1. The highest BCUT2D eigenvalue weighted by Gasteiger charge is 2.49. The molecule has 19 nitrogen and oxygen atoms in total. The molecule has 0 bridgehead atoms. The van der Waals surface area contributed by atoms with E-state index in [1.807, 2.05) is 87.0 Å². The third kappa shape index (κ3) is 22.5. The molecular formula is C76H98F5N9O10S4. The number of hydrogen-bond acceptors (Lipinski definition) is 17. The first kappa shape index (κ1) is 81.0. The molecule has 1 saturated carbocycles. The smallest absolute Gasteiger partial charge is 0.393 e. The Morgan fingerprint density at radius 2 is 1.49 bits per heavy atom. The Morgan fingerprint density at radius 1 is 0.817 bits per heavy atom. The van der Waals surface area contributed by atoms with Crippen LogP contribution in [0.15, 0.2) is 141 Å². The van der Waals surface area contributed by atoms with Crippen LogP contribution in [0.4, 0.5) is 33.3 Å². The van der Waals surface area contributed by atoms with Crippen molar-refractivity contribution in [3.05, 3.63) is 143 Å². The Bertz CT molecular complexity index is 4080. The number of nitrogens with one attached hydrogen (secondary N) is 4. The monoisotopic (exact) mass is 1520 g/mol. The van der Waals surface area contributed by atoms with E-state index in [2.05, 4.69) is 56.1 Å². The predicted octanol–water partition coefficient (Wildman–Crippen LogP) is 12.8. The van der Waals surface area contributed by atoms with Gasteiger partial charge >= 0.3 is 5.51 Å². The highest BCUT2D eigenvalue weighted by Crippen LogP contribution is 2.44. The lowest BCUT2D eigenvalue weighted by atomic mass is 9.72. The number of carbonyl (C=O) groups excluding carboxylic acids is 5. The van der Waals surface area contributed by atoms with E-state index in [-0.39, 0.29) is 97.7 Å². The normalized spacial score (nSPS) is 19.2. The van der Waals surface area contributed by atoms with Crippen molar-refractivity contribution in [2.75, 3.05) is 88.0 Å². The molecule has 2 saturated heterocycles. The highest BCUT2D eigenvalue weighted by atomic mass is 32.2. The molecule has 28 heteroatoms. The first-order valence-electron chi connectivity index (χ1n) is 35.6. The zero-order valence-electron chi connectivity index (χ0n) is 60.0. The summed E-state index contributed by atoms with van der Waals surface area (Å²) in [4.78, 5) is 80.4. The number of alkyl halides is 5. The number of anilines is 2. The second-order valence-electron chi connectivity index (χ2n) is 29.8. The molecule has 5 atom stereocenters. The van der Waals surface area contributed by atoms with Gasteiger partial charge in [0.2, 0.25) is 24.1 Å². The Kier molecular flexibility index (Phi) is 27.7. The number of aliphatic hydroxyl groups is 1. The van der Waals surface area contributed by atoms with Gasteiger partial charge in [-0.15, -0.1) is 23.1 Å². The minimum Gasteiger partial charge on any atom is -0.393 e. The molecule has 4 aromatic carbocycles. The number of allylic oxidation sites excluding steroid dienone is 2. The maximum atomic E-state index is 14.6. The minimum absolute atomic E-state index is 0.0414. The number of carbonyl (C=O) groups is 5. The first-order valence-corrected chi connectivity index (χ1v) is 40.4. The molecule has 1 aromatic heterocycles. The largest absolute Gasteiger partial charge is 0.501 e. The van der Waals surface area contributed by atoms with E-state index >= 15 is 0 Å². The number of unbranched alkanes of at least 4 members (excludes halogenated alkanes) is 1. The van der Waals surface area contributed by atoms with Crippen molar-refractivity contribution in [2.24, 2.45) is 22.7 Å². The van der Waals surface area contributed by atoms with E-state index in [0.29, 0.717) is 89.9 Å². The lowest BCUT2D eigenvalue weighted by Crippen LogP contribution is -2.49. The van der Waals surface area contributed by atoms with Gasteiger partial charge in [0, 0.05) is 125 Å². The fourth-order valence-electron chi connectivity index (χ4n) is 14.0. The molecule has 9 rings (SSSR count). The van der Waals surface area contributed by atoms with Crippen LogP contribution in [0.25, 0.3) is 10.4 Å². The topological polar surface area (TPSA) is 248 Å². The standard InChI is InChI=1S/C76H98F5N9O10S4/c1-50(16-27-68(77)78)63-45-75(6,7)30-28-55(63)47-88-35-37-89(38-36-88)57-23-21-54(22-24-57)72(95)86-104(99,100)60-25-26-64(67(43-60)103(97,98)76(79,80)81)84-56(48-101-59-13-9-8-10-14-59)29-32-87-33-39-90(40-34-87)70(94)15-11-12-31-82-69(93)44-65(52-17-19-53(20-18-52)71-51(2)83-49-102-71)85-73(96)62-42-58(91)41-61(62)66(92)46-74(3,4)5/h8-10,13-14,17-26,43,49,56,58,61-62,65,68,84,91H,1,11-12,15-16,27-42,44-48H2,2-7H3,(H,82,93)(H,85,96)(H,86,95)/t56-,58+,61?,62-,65+/m1/s1. The van der Waals surface area contributed by atoms with Crippen LogP contribution in [-0.4, -0.2) is 173 Å². The Hall–Kier alpha value is -7.08. The molecule has 2 aliphatic heterocycles. The number of nitrogens with zero attached hydrogens (tertiary/aromatic N) is 5. The number of thiazole rings is 1. The Labute approximate surface area is 616 Å². The summed E-state index contributed by atoms with van der Waals surface area (Å²) in [5.74, 6) is -3.14. The number of sulfonamides is 1. The second-order valence-corrected chi connectivity index (χ2v) is 35.3. The van der Waals surface area contributed by atoms with Gasteiger partial charge in [-0.1, -0.05) is 94.8 Å². The van der Waals surface area contributed by atoms with Crippen LogP contribution >= 0.6 is 23.1 Å². The van der Waals surface area contributed by atoms with Crippen molar-refractivity contribution in [1.29, 1.82) is 0 Å². The van der Waals surface area contributed by atoms with Crippen LogP contribution in [0.2, 0.25) is 0 Å². The molecule has 104 heavy (non-hydrogen) atoms. The zero-order valence-corrected chi connectivity index (χ0v) is 63.3. The highest BCUT2D eigenvalue weighted by molar-refractivity contribution is 7.99. The fraction of sp³-hybridized carbons (Fsp3) is 0.526. The number of aliphatic hydroxyl groups excluding tert-OH is 1. The summed E-state index contributed by atoms with van der Waals surface area (Å²) < 4.78 is 127. The van der Waals surface area contributed by atoms with Crippen molar-refractivity contribution < 1.29 is 67.9 Å². The van der Waals surface area contributed by atoms with E-state index in [9.17, 15) is 67.9 Å². The van der Waals surface area contributed by atoms with Crippen molar-refractivity contribution >= 4 is 83.7 Å². The molecule has 5 aromatic rings. The van der Waals surface area contributed by atoms with Crippen LogP contribution in [0, 0.1) is 29.6 Å².